The van der Waals surface area contributed by atoms with Crippen molar-refractivity contribution in [2.75, 3.05) is 6.54 Å². The van der Waals surface area contributed by atoms with E-state index >= 15 is 0 Å². The van der Waals surface area contributed by atoms with Crippen LogP contribution in [0.5, 0.6) is 11.5 Å². The normalized spacial score (nSPS) is 10.7. The van der Waals surface area contributed by atoms with Gasteiger partial charge in [0.2, 0.25) is 5.82 Å². The fourth-order valence-corrected chi connectivity index (χ4v) is 2.19. The fourth-order valence-electron chi connectivity index (χ4n) is 1.78. The van der Waals surface area contributed by atoms with Crippen LogP contribution < -0.4 is 10.1 Å². The van der Waals surface area contributed by atoms with Crippen molar-refractivity contribution in [2.45, 2.75) is 13.5 Å². The minimum atomic E-state index is -1.11. The van der Waals surface area contributed by atoms with Gasteiger partial charge in [0.15, 0.2) is 11.6 Å². The fraction of sp³-hybridized carbons (Fsp3) is 0.200. The average molecular weight is 360 g/mol. The van der Waals surface area contributed by atoms with Crippen LogP contribution in [0.25, 0.3) is 0 Å². The molecule has 0 heterocycles. The molecule has 0 aliphatic heterocycles. The van der Waals surface area contributed by atoms with E-state index in [-0.39, 0.29) is 23.6 Å². The predicted molar refractivity (Wildman–Crippen MR) is 77.9 cm³/mol. The van der Waals surface area contributed by atoms with Gasteiger partial charge in [-0.3, -0.25) is 0 Å². The van der Waals surface area contributed by atoms with E-state index in [4.69, 9.17) is 4.74 Å². The summed E-state index contributed by atoms with van der Waals surface area (Å²) in [7, 11) is 0. The lowest BCUT2D eigenvalue weighted by molar-refractivity contribution is 0.407. The van der Waals surface area contributed by atoms with Gasteiger partial charge in [0.1, 0.15) is 11.6 Å². The molecule has 1 N–H and O–H groups in total. The number of halogens is 4. The highest BCUT2D eigenvalue weighted by molar-refractivity contribution is 9.10. The van der Waals surface area contributed by atoms with E-state index in [2.05, 4.69) is 21.2 Å². The molecule has 0 aliphatic rings. The van der Waals surface area contributed by atoms with Gasteiger partial charge < -0.3 is 10.1 Å². The number of hydrogen-bond acceptors (Lipinski definition) is 2. The molecule has 2 aromatic carbocycles. The molecule has 0 aromatic heterocycles. The van der Waals surface area contributed by atoms with Crippen LogP contribution in [0, 0.1) is 17.5 Å². The molecule has 0 saturated heterocycles. The summed E-state index contributed by atoms with van der Waals surface area (Å²) in [5, 5.41) is 2.97. The van der Waals surface area contributed by atoms with Gasteiger partial charge in [-0.25, -0.2) is 8.78 Å². The molecule has 0 amide bonds. The van der Waals surface area contributed by atoms with Gasteiger partial charge in [0, 0.05) is 16.6 Å². The first-order valence-electron chi connectivity index (χ1n) is 6.33. The van der Waals surface area contributed by atoms with Crippen LogP contribution in [-0.2, 0) is 6.54 Å². The maximum atomic E-state index is 13.8. The smallest absolute Gasteiger partial charge is 0.201 e. The van der Waals surface area contributed by atoms with Crippen LogP contribution in [0.4, 0.5) is 13.2 Å². The number of ether oxygens (including phenoxy) is 1. The summed E-state index contributed by atoms with van der Waals surface area (Å²) < 4.78 is 46.6. The molecule has 2 rings (SSSR count). The number of nitrogens with one attached hydrogen (secondary N) is 1. The molecule has 6 heteroatoms. The minimum absolute atomic E-state index is 0.146. The molecule has 112 valence electrons. The third kappa shape index (κ3) is 3.77. The molecular formula is C15H13BrF3NO. The average Bonchev–Trinajstić information content (AvgIpc) is 2.43. The van der Waals surface area contributed by atoms with Crippen LogP contribution in [0.2, 0.25) is 0 Å². The van der Waals surface area contributed by atoms with Gasteiger partial charge in [-0.2, -0.15) is 4.39 Å². The highest BCUT2D eigenvalue weighted by atomic mass is 79.9. The summed E-state index contributed by atoms with van der Waals surface area (Å²) in [5.41, 5.74) is 0.263. The van der Waals surface area contributed by atoms with Gasteiger partial charge in [-0.05, 0) is 30.8 Å². The molecule has 0 fully saturated rings. The minimum Gasteiger partial charge on any atom is -0.454 e. The third-order valence-electron chi connectivity index (χ3n) is 2.81. The van der Waals surface area contributed by atoms with Crippen molar-refractivity contribution in [1.82, 2.24) is 5.32 Å². The van der Waals surface area contributed by atoms with E-state index in [1.807, 2.05) is 6.92 Å². The molecule has 0 atom stereocenters. The van der Waals surface area contributed by atoms with Crippen molar-refractivity contribution >= 4 is 15.9 Å². The van der Waals surface area contributed by atoms with Crippen LogP contribution in [-0.4, -0.2) is 6.54 Å². The maximum absolute atomic E-state index is 13.8. The molecule has 0 saturated carbocycles. The van der Waals surface area contributed by atoms with Crippen LogP contribution in [0.1, 0.15) is 12.5 Å². The Balaban J connectivity index is 2.38. The number of hydrogen-bond donors (Lipinski definition) is 1. The zero-order valence-corrected chi connectivity index (χ0v) is 12.8. The Kier molecular flexibility index (Phi) is 5.25. The summed E-state index contributed by atoms with van der Waals surface area (Å²) in [4.78, 5) is 0. The molecule has 2 aromatic rings. The first-order valence-corrected chi connectivity index (χ1v) is 7.12. The van der Waals surface area contributed by atoms with Crippen molar-refractivity contribution in [3.8, 4) is 11.5 Å². The topological polar surface area (TPSA) is 21.3 Å². The van der Waals surface area contributed by atoms with E-state index in [1.165, 1.54) is 24.3 Å². The zero-order chi connectivity index (χ0) is 15.4. The lowest BCUT2D eigenvalue weighted by Crippen LogP contribution is -2.13. The molecule has 0 unspecified atom stereocenters. The Hall–Kier alpha value is -1.53. The van der Waals surface area contributed by atoms with Gasteiger partial charge >= 0.3 is 0 Å². The molecule has 21 heavy (non-hydrogen) atoms. The Morgan fingerprint density at radius 2 is 1.86 bits per heavy atom. The van der Waals surface area contributed by atoms with Gasteiger partial charge in [0.05, 0.1) is 0 Å². The number of rotatable bonds is 5. The second-order valence-electron chi connectivity index (χ2n) is 4.30. The SMILES string of the molecule is CCNCc1c(F)cccc1Oc1cc(Br)cc(F)c1F. The third-order valence-corrected chi connectivity index (χ3v) is 3.27. The first kappa shape index (κ1) is 15.9. The summed E-state index contributed by atoms with van der Waals surface area (Å²) >= 11 is 3.06. The molecule has 2 nitrogen and oxygen atoms in total. The second-order valence-corrected chi connectivity index (χ2v) is 5.21. The van der Waals surface area contributed by atoms with Gasteiger partial charge in [-0.15, -0.1) is 0 Å². The zero-order valence-electron chi connectivity index (χ0n) is 11.2. The van der Waals surface area contributed by atoms with Crippen LogP contribution >= 0.6 is 15.9 Å². The largest absolute Gasteiger partial charge is 0.454 e. The maximum Gasteiger partial charge on any atom is 0.201 e. The molecular weight excluding hydrogens is 347 g/mol. The van der Waals surface area contributed by atoms with E-state index < -0.39 is 17.5 Å². The lowest BCUT2D eigenvalue weighted by Gasteiger charge is -2.13. The van der Waals surface area contributed by atoms with E-state index in [0.717, 1.165) is 6.07 Å². The Morgan fingerprint density at radius 3 is 2.57 bits per heavy atom. The van der Waals surface area contributed by atoms with Gasteiger partial charge in [0.25, 0.3) is 0 Å². The molecule has 0 spiro atoms. The van der Waals surface area contributed by atoms with E-state index in [9.17, 15) is 13.2 Å². The Bertz CT molecular complexity index is 649. The van der Waals surface area contributed by atoms with Crippen molar-refractivity contribution < 1.29 is 17.9 Å². The molecule has 0 radical (unpaired) electrons. The Labute approximate surface area is 129 Å². The predicted octanol–water partition coefficient (Wildman–Crippen LogP) is 4.77. The van der Waals surface area contributed by atoms with Crippen molar-refractivity contribution in [1.29, 1.82) is 0 Å². The van der Waals surface area contributed by atoms with Crippen molar-refractivity contribution in [3.05, 3.63) is 57.8 Å². The van der Waals surface area contributed by atoms with Crippen LogP contribution in [0.3, 0.4) is 0 Å². The first-order chi connectivity index (χ1) is 10.0. The molecule has 0 aliphatic carbocycles. The summed E-state index contributed by atoms with van der Waals surface area (Å²) in [6, 6.07) is 6.53. The summed E-state index contributed by atoms with van der Waals surface area (Å²) in [5.74, 6) is -2.78. The van der Waals surface area contributed by atoms with E-state index in [1.54, 1.807) is 0 Å². The van der Waals surface area contributed by atoms with Crippen molar-refractivity contribution in [3.63, 3.8) is 0 Å². The molecule has 0 bridgehead atoms. The Morgan fingerprint density at radius 1 is 1.10 bits per heavy atom. The lowest BCUT2D eigenvalue weighted by atomic mass is 10.2. The number of benzene rings is 2. The van der Waals surface area contributed by atoms with E-state index in [0.29, 0.717) is 11.0 Å². The van der Waals surface area contributed by atoms with Crippen molar-refractivity contribution in [2.24, 2.45) is 0 Å². The summed E-state index contributed by atoms with van der Waals surface area (Å²) in [6.45, 7) is 2.76. The van der Waals surface area contributed by atoms with Gasteiger partial charge in [-0.1, -0.05) is 28.9 Å². The quantitative estimate of drug-likeness (QED) is 0.776. The summed E-state index contributed by atoms with van der Waals surface area (Å²) in [6.07, 6.45) is 0. The second kappa shape index (κ2) is 6.95. The highest BCUT2D eigenvalue weighted by Crippen LogP contribution is 2.32. The van der Waals surface area contributed by atoms with Crippen LogP contribution in [0.15, 0.2) is 34.8 Å². The standard InChI is InChI=1S/C15H13BrF3NO/c1-2-20-8-10-11(17)4-3-5-13(10)21-14-7-9(16)6-12(18)15(14)19/h3-7,20H,2,8H2,1H3. The highest BCUT2D eigenvalue weighted by Gasteiger charge is 2.15. The monoisotopic (exact) mass is 359 g/mol.